The maximum atomic E-state index is 5.69. The maximum Gasteiger partial charge on any atom is 0.168 e. The Bertz CT molecular complexity index is 818. The van der Waals surface area contributed by atoms with Crippen molar-refractivity contribution in [2.75, 3.05) is 12.5 Å². The number of ether oxygens (including phenoxy) is 1. The van der Waals surface area contributed by atoms with Gasteiger partial charge in [0.15, 0.2) is 11.0 Å². The average molecular weight is 313 g/mol. The summed E-state index contributed by atoms with van der Waals surface area (Å²) in [6.45, 7) is 0. The minimum absolute atomic E-state index is 0.338. The average Bonchev–Trinajstić information content (AvgIpc) is 2.56. The van der Waals surface area contributed by atoms with E-state index in [2.05, 4.69) is 20.7 Å². The zero-order valence-corrected chi connectivity index (χ0v) is 12.6. The molecule has 0 radical (unpaired) electrons. The van der Waals surface area contributed by atoms with Crippen molar-refractivity contribution >= 4 is 34.4 Å². The van der Waals surface area contributed by atoms with Crippen molar-refractivity contribution in [2.24, 2.45) is 5.10 Å². The molecule has 110 valence electrons. The summed E-state index contributed by atoms with van der Waals surface area (Å²) in [6, 6.07) is 15.3. The summed E-state index contributed by atoms with van der Waals surface area (Å²) >= 11 is 5.69. The van der Waals surface area contributed by atoms with E-state index in [9.17, 15) is 0 Å². The predicted octanol–water partition coefficient (Wildman–Crippen LogP) is 3.74. The first-order valence-electron chi connectivity index (χ1n) is 6.62. The highest BCUT2D eigenvalue weighted by atomic mass is 35.5. The quantitative estimate of drug-likeness (QED) is 0.589. The summed E-state index contributed by atoms with van der Waals surface area (Å²) in [5.41, 5.74) is 3.72. The van der Waals surface area contributed by atoms with Gasteiger partial charge in [0.1, 0.15) is 5.75 Å². The number of aromatic nitrogens is 2. The van der Waals surface area contributed by atoms with Crippen LogP contribution in [0.1, 0.15) is 5.56 Å². The highest BCUT2D eigenvalue weighted by Gasteiger charge is 2.05. The van der Waals surface area contributed by atoms with Crippen molar-refractivity contribution in [1.82, 2.24) is 10.2 Å². The van der Waals surface area contributed by atoms with Gasteiger partial charge in [-0.15, -0.1) is 10.2 Å². The van der Waals surface area contributed by atoms with Crippen molar-refractivity contribution in [2.45, 2.75) is 0 Å². The van der Waals surface area contributed by atoms with Crippen molar-refractivity contribution in [1.29, 1.82) is 0 Å². The number of nitrogens with one attached hydrogen (secondary N) is 1. The van der Waals surface area contributed by atoms with Crippen LogP contribution in [-0.4, -0.2) is 23.5 Å². The van der Waals surface area contributed by atoms with Crippen LogP contribution < -0.4 is 10.2 Å². The summed E-state index contributed by atoms with van der Waals surface area (Å²) in [5.74, 6) is 1.27. The Kier molecular flexibility index (Phi) is 4.16. The van der Waals surface area contributed by atoms with Crippen LogP contribution in [0.2, 0.25) is 5.15 Å². The van der Waals surface area contributed by atoms with Gasteiger partial charge >= 0.3 is 0 Å². The Hall–Kier alpha value is -2.66. The summed E-state index contributed by atoms with van der Waals surface area (Å²) in [6.07, 6.45) is 1.71. The molecule has 0 atom stereocenters. The largest absolute Gasteiger partial charge is 0.496 e. The second kappa shape index (κ2) is 6.41. The predicted molar refractivity (Wildman–Crippen MR) is 88.8 cm³/mol. The smallest absolute Gasteiger partial charge is 0.168 e. The fraction of sp³-hybridized carbons (Fsp3) is 0.0625. The first kappa shape index (κ1) is 14.3. The van der Waals surface area contributed by atoms with Gasteiger partial charge in [-0.3, -0.25) is 5.43 Å². The third-order valence-corrected chi connectivity index (χ3v) is 3.36. The van der Waals surface area contributed by atoms with E-state index in [0.717, 1.165) is 22.1 Å². The Morgan fingerprint density at radius 3 is 2.73 bits per heavy atom. The van der Waals surface area contributed by atoms with Crippen LogP contribution in [0.5, 0.6) is 5.75 Å². The minimum atomic E-state index is 0.338. The lowest BCUT2D eigenvalue weighted by Crippen LogP contribution is -1.97. The van der Waals surface area contributed by atoms with E-state index in [1.54, 1.807) is 25.5 Å². The van der Waals surface area contributed by atoms with Crippen molar-refractivity contribution < 1.29 is 4.74 Å². The highest BCUT2D eigenvalue weighted by Crippen LogP contribution is 2.26. The molecule has 0 spiro atoms. The Morgan fingerprint density at radius 2 is 1.95 bits per heavy atom. The summed E-state index contributed by atoms with van der Waals surface area (Å²) in [4.78, 5) is 0. The molecule has 2 aromatic carbocycles. The molecule has 0 aliphatic carbocycles. The maximum absolute atomic E-state index is 5.69. The number of halogens is 1. The molecule has 1 aromatic heterocycles. The van der Waals surface area contributed by atoms with Gasteiger partial charge in [0, 0.05) is 5.56 Å². The van der Waals surface area contributed by atoms with Gasteiger partial charge in [-0.05, 0) is 29.0 Å². The lowest BCUT2D eigenvalue weighted by atomic mass is 10.0. The van der Waals surface area contributed by atoms with E-state index in [1.165, 1.54) is 0 Å². The van der Waals surface area contributed by atoms with Crippen LogP contribution in [0.15, 0.2) is 53.6 Å². The number of hydrazone groups is 1. The molecule has 0 saturated carbocycles. The highest BCUT2D eigenvalue weighted by molar-refractivity contribution is 6.29. The standard InChI is InChI=1S/C16H13ClN4O/c1-22-14-7-6-11-4-2-3-5-12(11)13(14)10-18-20-16-9-8-15(17)19-21-16/h2-10H,1H3,(H,20,21). The molecule has 0 amide bonds. The molecule has 6 heteroatoms. The Balaban J connectivity index is 1.91. The lowest BCUT2D eigenvalue weighted by Gasteiger charge is -2.08. The van der Waals surface area contributed by atoms with Crippen LogP contribution >= 0.6 is 11.6 Å². The third-order valence-electron chi connectivity index (χ3n) is 3.16. The van der Waals surface area contributed by atoms with Crippen LogP contribution in [-0.2, 0) is 0 Å². The number of nitrogens with zero attached hydrogens (tertiary/aromatic N) is 3. The number of methoxy groups -OCH3 is 1. The van der Waals surface area contributed by atoms with Crippen LogP contribution in [0.4, 0.5) is 5.82 Å². The van der Waals surface area contributed by atoms with Gasteiger partial charge in [0.2, 0.25) is 0 Å². The zero-order valence-electron chi connectivity index (χ0n) is 11.8. The van der Waals surface area contributed by atoms with Crippen molar-refractivity contribution in [3.63, 3.8) is 0 Å². The van der Waals surface area contributed by atoms with E-state index in [0.29, 0.717) is 11.0 Å². The number of fused-ring (bicyclic) bond motifs is 1. The molecule has 22 heavy (non-hydrogen) atoms. The second-order valence-electron chi connectivity index (χ2n) is 4.51. The van der Waals surface area contributed by atoms with Crippen molar-refractivity contribution in [3.05, 3.63) is 59.2 Å². The summed E-state index contributed by atoms with van der Waals surface area (Å²) in [7, 11) is 1.64. The van der Waals surface area contributed by atoms with Gasteiger partial charge in [-0.25, -0.2) is 0 Å². The number of hydrogen-bond acceptors (Lipinski definition) is 5. The van der Waals surface area contributed by atoms with Gasteiger partial charge in [0.25, 0.3) is 0 Å². The molecule has 0 unspecified atom stereocenters. The molecule has 1 N–H and O–H groups in total. The van der Waals surface area contributed by atoms with Crippen LogP contribution in [0, 0.1) is 0 Å². The molecule has 0 fully saturated rings. The van der Waals surface area contributed by atoms with E-state index in [-0.39, 0.29) is 0 Å². The SMILES string of the molecule is COc1ccc2ccccc2c1C=NNc1ccc(Cl)nn1. The van der Waals surface area contributed by atoms with E-state index < -0.39 is 0 Å². The van der Waals surface area contributed by atoms with Gasteiger partial charge in [-0.2, -0.15) is 5.10 Å². The minimum Gasteiger partial charge on any atom is -0.496 e. The molecule has 0 saturated heterocycles. The molecule has 0 bridgehead atoms. The van der Waals surface area contributed by atoms with Gasteiger partial charge < -0.3 is 4.74 Å². The third kappa shape index (κ3) is 2.99. The fourth-order valence-electron chi connectivity index (χ4n) is 2.13. The monoisotopic (exact) mass is 312 g/mol. The lowest BCUT2D eigenvalue weighted by molar-refractivity contribution is 0.415. The number of hydrogen-bond donors (Lipinski definition) is 1. The zero-order chi connectivity index (χ0) is 15.4. The summed E-state index contributed by atoms with van der Waals surface area (Å²) < 4.78 is 5.41. The fourth-order valence-corrected chi connectivity index (χ4v) is 2.23. The molecule has 0 aliphatic rings. The Labute approximate surface area is 132 Å². The first-order chi connectivity index (χ1) is 10.8. The number of rotatable bonds is 4. The molecule has 3 aromatic rings. The second-order valence-corrected chi connectivity index (χ2v) is 4.90. The first-order valence-corrected chi connectivity index (χ1v) is 7.00. The molecule has 3 rings (SSSR count). The van der Waals surface area contributed by atoms with E-state index >= 15 is 0 Å². The molecule has 1 heterocycles. The Morgan fingerprint density at radius 1 is 1.09 bits per heavy atom. The molecule has 5 nitrogen and oxygen atoms in total. The molecular weight excluding hydrogens is 300 g/mol. The van der Waals surface area contributed by atoms with Crippen LogP contribution in [0.3, 0.4) is 0 Å². The van der Waals surface area contributed by atoms with Crippen molar-refractivity contribution in [3.8, 4) is 5.75 Å². The molecular formula is C16H13ClN4O. The van der Waals surface area contributed by atoms with E-state index in [1.807, 2.05) is 36.4 Å². The topological polar surface area (TPSA) is 59.4 Å². The van der Waals surface area contributed by atoms with Gasteiger partial charge in [0.05, 0.1) is 13.3 Å². The number of benzene rings is 2. The normalized spacial score (nSPS) is 11.0. The van der Waals surface area contributed by atoms with E-state index in [4.69, 9.17) is 16.3 Å². The van der Waals surface area contributed by atoms with Gasteiger partial charge in [-0.1, -0.05) is 41.9 Å². The number of anilines is 1. The van der Waals surface area contributed by atoms with Crippen LogP contribution in [0.25, 0.3) is 10.8 Å². The summed E-state index contributed by atoms with van der Waals surface area (Å²) in [5, 5.41) is 14.3. The molecule has 0 aliphatic heterocycles.